The average Bonchev–Trinajstić information content (AvgIpc) is 3.41. The van der Waals surface area contributed by atoms with Gasteiger partial charge in [-0.2, -0.15) is 5.26 Å². The maximum atomic E-state index is 13.6. The Kier molecular flexibility index (Phi) is 7.31. The summed E-state index contributed by atoms with van der Waals surface area (Å²) in [4.78, 5) is 42.9. The molecule has 1 saturated heterocycles. The summed E-state index contributed by atoms with van der Waals surface area (Å²) in [5.41, 5.74) is 0.110. The maximum Gasteiger partial charge on any atom is 0.573 e. The number of likely N-dealkylation sites (tertiary alicyclic amines) is 1. The van der Waals surface area contributed by atoms with Gasteiger partial charge in [-0.25, -0.2) is 8.78 Å². The minimum atomic E-state index is -4.88. The van der Waals surface area contributed by atoms with E-state index in [9.17, 15) is 36.3 Å². The normalized spacial score (nSPS) is 19.6. The topological polar surface area (TPSA) is 136 Å². The van der Waals surface area contributed by atoms with Crippen LogP contribution in [0.4, 0.5) is 33.3 Å². The number of alkyl halides is 5. The number of hydrogen-bond donors (Lipinski definition) is 3. The zero-order valence-corrected chi connectivity index (χ0v) is 19.8. The zero-order valence-electron chi connectivity index (χ0n) is 19.0. The molecule has 4 rings (SSSR count). The summed E-state index contributed by atoms with van der Waals surface area (Å²) in [6.07, 6.45) is -3.25. The number of rotatable bonds is 6. The van der Waals surface area contributed by atoms with Crippen molar-refractivity contribution >= 4 is 40.9 Å². The molecule has 3 N–H and O–H groups in total. The minimum Gasteiger partial charge on any atom is -0.406 e. The summed E-state index contributed by atoms with van der Waals surface area (Å²) in [5, 5.41) is 15.6. The number of carbonyl (C=O) groups is 3. The first-order chi connectivity index (χ1) is 17.8. The van der Waals surface area contributed by atoms with E-state index >= 15 is 0 Å². The molecular weight excluding hydrogens is 539 g/mol. The Balaban J connectivity index is 1.37. The molecule has 38 heavy (non-hydrogen) atoms. The number of thioether (sulfide) groups is 1. The number of aromatic nitrogens is 1. The van der Waals surface area contributed by atoms with E-state index in [-0.39, 0.29) is 16.9 Å². The van der Waals surface area contributed by atoms with Crippen LogP contribution in [0.5, 0.6) is 5.75 Å². The quantitative estimate of drug-likeness (QED) is 0.462. The summed E-state index contributed by atoms with van der Waals surface area (Å²) in [6, 6.07) is 5.13. The number of hydrogen-bond acceptors (Lipinski definition) is 8. The number of pyridine rings is 1. The second kappa shape index (κ2) is 10.3. The Morgan fingerprint density at radius 2 is 2.05 bits per heavy atom. The van der Waals surface area contributed by atoms with E-state index in [1.807, 2.05) is 0 Å². The van der Waals surface area contributed by atoms with Crippen LogP contribution in [0.15, 0.2) is 41.6 Å². The van der Waals surface area contributed by atoms with Gasteiger partial charge in [0.15, 0.2) is 5.37 Å². The fraction of sp³-hybridized carbons (Fsp3) is 0.318. The number of amides is 3. The minimum absolute atomic E-state index is 0.0375. The SMILES string of the molecule is N#CC1CC(F)(F)CN1C(=O)CNC(=O)c1ccncc1NC(=O)C1Nc2cc(OC(F)(F)F)ccc2S1. The third-order valence-electron chi connectivity index (χ3n) is 5.42. The van der Waals surface area contributed by atoms with Crippen LogP contribution in [0.3, 0.4) is 0 Å². The summed E-state index contributed by atoms with van der Waals surface area (Å²) in [6.45, 7) is -1.60. The molecule has 3 amide bonds. The van der Waals surface area contributed by atoms with Crippen LogP contribution in [0.2, 0.25) is 0 Å². The molecule has 1 fully saturated rings. The van der Waals surface area contributed by atoms with Gasteiger partial charge in [-0.15, -0.1) is 13.2 Å². The number of ether oxygens (including phenoxy) is 1. The molecule has 2 aromatic rings. The highest BCUT2D eigenvalue weighted by Crippen LogP contribution is 2.41. The summed E-state index contributed by atoms with van der Waals surface area (Å²) in [5.74, 6) is -6.02. The fourth-order valence-corrected chi connectivity index (χ4v) is 4.77. The molecule has 2 aliphatic rings. The molecule has 2 unspecified atom stereocenters. The Hall–Kier alpha value is -4.13. The summed E-state index contributed by atoms with van der Waals surface area (Å²) in [7, 11) is 0. The molecule has 1 aromatic carbocycles. The molecule has 0 aliphatic carbocycles. The number of nitrogens with zero attached hydrogens (tertiary/aromatic N) is 3. The number of carbonyl (C=O) groups excluding carboxylic acids is 3. The van der Waals surface area contributed by atoms with E-state index in [0.29, 0.717) is 9.80 Å². The predicted octanol–water partition coefficient (Wildman–Crippen LogP) is 2.95. The second-order valence-electron chi connectivity index (χ2n) is 8.17. The highest BCUT2D eigenvalue weighted by molar-refractivity contribution is 8.01. The van der Waals surface area contributed by atoms with Gasteiger partial charge in [0, 0.05) is 23.6 Å². The van der Waals surface area contributed by atoms with Crippen LogP contribution in [0, 0.1) is 11.3 Å². The lowest BCUT2D eigenvalue weighted by atomic mass is 10.2. The van der Waals surface area contributed by atoms with Gasteiger partial charge in [-0.05, 0) is 18.2 Å². The van der Waals surface area contributed by atoms with Crippen molar-refractivity contribution in [2.24, 2.45) is 0 Å². The van der Waals surface area contributed by atoms with Gasteiger partial charge < -0.3 is 25.6 Å². The van der Waals surface area contributed by atoms with Gasteiger partial charge in [0.2, 0.25) is 5.91 Å². The first-order valence-corrected chi connectivity index (χ1v) is 11.7. The van der Waals surface area contributed by atoms with E-state index in [1.165, 1.54) is 24.5 Å². The van der Waals surface area contributed by atoms with E-state index in [1.54, 1.807) is 6.07 Å². The Morgan fingerprint density at radius 1 is 1.29 bits per heavy atom. The highest BCUT2D eigenvalue weighted by Gasteiger charge is 2.47. The molecule has 200 valence electrons. The monoisotopic (exact) mass is 556 g/mol. The van der Waals surface area contributed by atoms with Gasteiger partial charge in [-0.1, -0.05) is 11.8 Å². The molecule has 10 nitrogen and oxygen atoms in total. The molecule has 0 bridgehead atoms. The van der Waals surface area contributed by atoms with Crippen molar-refractivity contribution in [1.82, 2.24) is 15.2 Å². The molecule has 3 heterocycles. The van der Waals surface area contributed by atoms with E-state index in [2.05, 4.69) is 25.7 Å². The number of nitrogens with one attached hydrogen (secondary N) is 3. The van der Waals surface area contributed by atoms with Crippen LogP contribution < -0.4 is 20.7 Å². The van der Waals surface area contributed by atoms with Crippen molar-refractivity contribution in [2.45, 2.75) is 35.0 Å². The number of fused-ring (bicyclic) bond motifs is 1. The third-order valence-corrected chi connectivity index (χ3v) is 6.59. The average molecular weight is 556 g/mol. The largest absolute Gasteiger partial charge is 0.573 e. The van der Waals surface area contributed by atoms with Crippen molar-refractivity contribution in [2.75, 3.05) is 23.7 Å². The van der Waals surface area contributed by atoms with Crippen molar-refractivity contribution in [3.05, 3.63) is 42.2 Å². The zero-order chi connectivity index (χ0) is 27.7. The van der Waals surface area contributed by atoms with Crippen LogP contribution in [0.25, 0.3) is 0 Å². The smallest absolute Gasteiger partial charge is 0.406 e. The van der Waals surface area contributed by atoms with E-state index < -0.39 is 66.7 Å². The molecule has 0 spiro atoms. The first kappa shape index (κ1) is 26.9. The van der Waals surface area contributed by atoms with Gasteiger partial charge in [-0.3, -0.25) is 19.4 Å². The van der Waals surface area contributed by atoms with Crippen molar-refractivity contribution < 1.29 is 41.1 Å². The highest BCUT2D eigenvalue weighted by atomic mass is 32.2. The lowest BCUT2D eigenvalue weighted by Crippen LogP contribution is -2.43. The van der Waals surface area contributed by atoms with Gasteiger partial charge in [0.05, 0.1) is 42.3 Å². The van der Waals surface area contributed by atoms with Crippen LogP contribution in [-0.4, -0.2) is 64.4 Å². The fourth-order valence-electron chi connectivity index (χ4n) is 3.78. The van der Waals surface area contributed by atoms with Crippen molar-refractivity contribution in [3.63, 3.8) is 0 Å². The molecule has 1 aromatic heterocycles. The van der Waals surface area contributed by atoms with Crippen molar-refractivity contribution in [1.29, 1.82) is 5.26 Å². The first-order valence-electron chi connectivity index (χ1n) is 10.8. The number of anilines is 2. The lowest BCUT2D eigenvalue weighted by Gasteiger charge is -2.19. The van der Waals surface area contributed by atoms with Gasteiger partial charge in [0.1, 0.15) is 11.8 Å². The van der Waals surface area contributed by atoms with Crippen LogP contribution in [0.1, 0.15) is 16.8 Å². The van der Waals surface area contributed by atoms with E-state index in [0.717, 1.165) is 23.9 Å². The molecule has 2 atom stereocenters. The number of benzene rings is 1. The lowest BCUT2D eigenvalue weighted by molar-refractivity contribution is -0.274. The van der Waals surface area contributed by atoms with Crippen LogP contribution >= 0.6 is 11.8 Å². The van der Waals surface area contributed by atoms with Gasteiger partial charge >= 0.3 is 6.36 Å². The Morgan fingerprint density at radius 3 is 2.76 bits per heavy atom. The second-order valence-corrected chi connectivity index (χ2v) is 9.31. The molecule has 0 radical (unpaired) electrons. The maximum absolute atomic E-state index is 13.6. The predicted molar refractivity (Wildman–Crippen MR) is 122 cm³/mol. The summed E-state index contributed by atoms with van der Waals surface area (Å²) >= 11 is 1.02. The molecular formula is C22H17F5N6O4S. The number of halogens is 5. The summed E-state index contributed by atoms with van der Waals surface area (Å²) < 4.78 is 68.5. The van der Waals surface area contributed by atoms with E-state index in [4.69, 9.17) is 5.26 Å². The molecule has 2 aliphatic heterocycles. The standard InChI is InChI=1S/C22H17F5N6O4S/c23-21(24)6-11(7-28)33(10-21)17(34)9-30-18(35)13-3-4-29-8-15(13)31-19(36)20-32-14-5-12(37-22(25,26)27)1-2-16(14)38-20/h1-5,8,11,20,32H,6,9-10H2,(H,30,35)(H,31,36). The molecule has 0 saturated carbocycles. The van der Waals surface area contributed by atoms with Crippen molar-refractivity contribution in [3.8, 4) is 11.8 Å². The molecule has 16 heteroatoms. The van der Waals surface area contributed by atoms with Gasteiger partial charge in [0.25, 0.3) is 17.7 Å². The third kappa shape index (κ3) is 6.22. The number of nitriles is 1. The Labute approximate surface area is 215 Å². The van der Waals surface area contributed by atoms with Crippen LogP contribution in [-0.2, 0) is 9.59 Å². The Bertz CT molecular complexity index is 1320.